The average Bonchev–Trinajstić information content (AvgIpc) is 3.32. The Morgan fingerprint density at radius 2 is 1.95 bits per heavy atom. The molecule has 0 aromatic heterocycles. The van der Waals surface area contributed by atoms with Crippen molar-refractivity contribution >= 4 is 5.69 Å². The number of rotatable bonds is 8. The van der Waals surface area contributed by atoms with Gasteiger partial charge in [0.1, 0.15) is 5.82 Å². The Morgan fingerprint density at radius 3 is 2.50 bits per heavy atom. The van der Waals surface area contributed by atoms with Gasteiger partial charge >= 0.3 is 0 Å². The van der Waals surface area contributed by atoms with E-state index in [1.54, 1.807) is 12.1 Å². The zero-order valence-corrected chi connectivity index (χ0v) is 12.3. The number of anilines is 1. The minimum atomic E-state index is -0.150. The number of benzene rings is 1. The Bertz CT molecular complexity index is 428. The lowest BCUT2D eigenvalue weighted by molar-refractivity contribution is 0.420. The lowest BCUT2D eigenvalue weighted by Gasteiger charge is -2.25. The average molecular weight is 276 g/mol. The molecule has 0 spiro atoms. The van der Waals surface area contributed by atoms with Crippen LogP contribution in [-0.4, -0.2) is 25.7 Å². The molecule has 0 radical (unpaired) electrons. The Labute approximate surface area is 121 Å². The van der Waals surface area contributed by atoms with Crippen LogP contribution in [0.1, 0.15) is 32.6 Å². The van der Waals surface area contributed by atoms with E-state index in [0.717, 1.165) is 43.2 Å². The van der Waals surface area contributed by atoms with Crippen LogP contribution in [-0.2, 0) is 0 Å². The Morgan fingerprint density at radius 1 is 1.25 bits per heavy atom. The zero-order valence-electron chi connectivity index (χ0n) is 12.3. The van der Waals surface area contributed by atoms with E-state index >= 15 is 0 Å². The summed E-state index contributed by atoms with van der Waals surface area (Å²) in [4.78, 5) is 2.24. The second-order valence-corrected chi connectivity index (χ2v) is 6.21. The zero-order chi connectivity index (χ0) is 13.9. The predicted octanol–water partition coefficient (Wildman–Crippen LogP) is 3.43. The molecule has 2 fully saturated rings. The summed E-state index contributed by atoms with van der Waals surface area (Å²) in [7, 11) is 0. The van der Waals surface area contributed by atoms with Crippen molar-refractivity contribution in [2.75, 3.05) is 24.5 Å². The highest BCUT2D eigenvalue weighted by atomic mass is 19.1. The fraction of sp³-hybridized carbons (Fsp3) is 0.647. The van der Waals surface area contributed by atoms with Crippen LogP contribution in [0.2, 0.25) is 0 Å². The van der Waals surface area contributed by atoms with Crippen LogP contribution in [0.25, 0.3) is 0 Å². The van der Waals surface area contributed by atoms with E-state index in [1.165, 1.54) is 31.7 Å². The molecular weight excluding hydrogens is 251 g/mol. The van der Waals surface area contributed by atoms with Crippen LogP contribution in [0.15, 0.2) is 24.3 Å². The van der Waals surface area contributed by atoms with Gasteiger partial charge in [0.2, 0.25) is 0 Å². The summed E-state index contributed by atoms with van der Waals surface area (Å²) < 4.78 is 13.3. The van der Waals surface area contributed by atoms with Crippen molar-refractivity contribution in [3.8, 4) is 0 Å². The molecule has 2 saturated carbocycles. The van der Waals surface area contributed by atoms with Gasteiger partial charge in [-0.1, -0.05) is 6.07 Å². The first-order chi connectivity index (χ1) is 9.78. The summed E-state index contributed by atoms with van der Waals surface area (Å²) >= 11 is 0. The first-order valence-corrected chi connectivity index (χ1v) is 8.02. The third-order valence-electron chi connectivity index (χ3n) is 4.58. The molecular formula is C17H25FN2. The Hall–Kier alpha value is -1.09. The maximum absolute atomic E-state index is 13.3. The molecule has 20 heavy (non-hydrogen) atoms. The fourth-order valence-corrected chi connectivity index (χ4v) is 3.14. The van der Waals surface area contributed by atoms with Gasteiger partial charge in [-0.25, -0.2) is 4.39 Å². The molecule has 110 valence electrons. The number of nitrogens with zero attached hydrogens (tertiary/aromatic N) is 1. The van der Waals surface area contributed by atoms with Crippen molar-refractivity contribution < 1.29 is 4.39 Å². The first-order valence-electron chi connectivity index (χ1n) is 8.02. The van der Waals surface area contributed by atoms with Gasteiger partial charge in [-0.05, 0) is 62.6 Å². The van der Waals surface area contributed by atoms with Crippen molar-refractivity contribution in [2.24, 2.45) is 11.8 Å². The number of hydrogen-bond donors (Lipinski definition) is 1. The van der Waals surface area contributed by atoms with Crippen LogP contribution >= 0.6 is 0 Å². The van der Waals surface area contributed by atoms with Crippen LogP contribution in [0, 0.1) is 17.7 Å². The largest absolute Gasteiger partial charge is 0.370 e. The summed E-state index contributed by atoms with van der Waals surface area (Å²) in [5, 5.41) is 3.76. The second kappa shape index (κ2) is 6.13. The summed E-state index contributed by atoms with van der Waals surface area (Å²) in [5.74, 6) is 1.72. The van der Waals surface area contributed by atoms with Crippen molar-refractivity contribution in [2.45, 2.75) is 38.6 Å². The summed E-state index contributed by atoms with van der Waals surface area (Å²) in [6.45, 7) is 5.00. The Kier molecular flexibility index (Phi) is 4.25. The van der Waals surface area contributed by atoms with Gasteiger partial charge < -0.3 is 10.2 Å². The van der Waals surface area contributed by atoms with Crippen molar-refractivity contribution in [1.29, 1.82) is 0 Å². The van der Waals surface area contributed by atoms with Gasteiger partial charge in [-0.3, -0.25) is 0 Å². The van der Waals surface area contributed by atoms with Gasteiger partial charge in [0, 0.05) is 31.4 Å². The molecule has 0 atom stereocenters. The standard InChI is InChI=1S/C17H25FN2/c1-2-20(16-5-3-4-15(18)12-16)11-10-19-17(13-6-7-13)14-8-9-14/h3-5,12-14,17,19H,2,6-11H2,1H3. The van der Waals surface area contributed by atoms with Gasteiger partial charge in [0.05, 0.1) is 0 Å². The predicted molar refractivity (Wildman–Crippen MR) is 81.5 cm³/mol. The molecule has 1 aromatic carbocycles. The maximum Gasteiger partial charge on any atom is 0.125 e. The normalized spacial score (nSPS) is 18.6. The molecule has 0 amide bonds. The summed E-state index contributed by atoms with van der Waals surface area (Å²) in [6.07, 6.45) is 5.65. The van der Waals surface area contributed by atoms with E-state index in [1.807, 2.05) is 6.07 Å². The highest BCUT2D eigenvalue weighted by Crippen LogP contribution is 2.44. The molecule has 0 aliphatic heterocycles. The van der Waals surface area contributed by atoms with Gasteiger partial charge in [0.15, 0.2) is 0 Å². The van der Waals surface area contributed by atoms with Gasteiger partial charge in [-0.15, -0.1) is 0 Å². The smallest absolute Gasteiger partial charge is 0.125 e. The maximum atomic E-state index is 13.3. The number of hydrogen-bond acceptors (Lipinski definition) is 2. The molecule has 0 saturated heterocycles. The number of nitrogens with one attached hydrogen (secondary N) is 1. The highest BCUT2D eigenvalue weighted by Gasteiger charge is 2.40. The van der Waals surface area contributed by atoms with Crippen LogP contribution in [0.4, 0.5) is 10.1 Å². The summed E-state index contributed by atoms with van der Waals surface area (Å²) in [5.41, 5.74) is 0.990. The quantitative estimate of drug-likeness (QED) is 0.782. The van der Waals surface area contributed by atoms with E-state index in [-0.39, 0.29) is 5.82 Å². The second-order valence-electron chi connectivity index (χ2n) is 6.21. The molecule has 2 aliphatic rings. The third kappa shape index (κ3) is 3.51. The minimum Gasteiger partial charge on any atom is -0.370 e. The fourth-order valence-electron chi connectivity index (χ4n) is 3.14. The minimum absolute atomic E-state index is 0.150. The summed E-state index contributed by atoms with van der Waals surface area (Å²) in [6, 6.07) is 7.67. The van der Waals surface area contributed by atoms with E-state index in [0.29, 0.717) is 0 Å². The SMILES string of the molecule is CCN(CCNC(C1CC1)C1CC1)c1cccc(F)c1. The van der Waals surface area contributed by atoms with Crippen LogP contribution < -0.4 is 10.2 Å². The molecule has 0 bridgehead atoms. The lowest BCUT2D eigenvalue weighted by Crippen LogP contribution is -2.39. The topological polar surface area (TPSA) is 15.3 Å². The van der Waals surface area contributed by atoms with Crippen LogP contribution in [0.5, 0.6) is 0 Å². The molecule has 2 nitrogen and oxygen atoms in total. The lowest BCUT2D eigenvalue weighted by atomic mass is 10.1. The number of likely N-dealkylation sites (N-methyl/N-ethyl adjacent to an activating group) is 1. The molecule has 1 N–H and O–H groups in total. The van der Waals surface area contributed by atoms with Gasteiger partial charge in [0.25, 0.3) is 0 Å². The molecule has 0 heterocycles. The van der Waals surface area contributed by atoms with E-state index < -0.39 is 0 Å². The third-order valence-corrected chi connectivity index (χ3v) is 4.58. The number of halogens is 1. The van der Waals surface area contributed by atoms with Gasteiger partial charge in [-0.2, -0.15) is 0 Å². The molecule has 0 unspecified atom stereocenters. The first kappa shape index (κ1) is 13.9. The molecule has 3 rings (SSSR count). The van der Waals surface area contributed by atoms with Crippen molar-refractivity contribution in [3.05, 3.63) is 30.1 Å². The van der Waals surface area contributed by atoms with Crippen molar-refractivity contribution in [1.82, 2.24) is 5.32 Å². The van der Waals surface area contributed by atoms with Crippen LogP contribution in [0.3, 0.4) is 0 Å². The Balaban J connectivity index is 1.50. The molecule has 1 aromatic rings. The van der Waals surface area contributed by atoms with Crippen molar-refractivity contribution in [3.63, 3.8) is 0 Å². The highest BCUT2D eigenvalue weighted by molar-refractivity contribution is 5.46. The van der Waals surface area contributed by atoms with E-state index in [2.05, 4.69) is 17.1 Å². The molecule has 3 heteroatoms. The monoisotopic (exact) mass is 276 g/mol. The molecule has 2 aliphatic carbocycles. The van der Waals surface area contributed by atoms with E-state index in [9.17, 15) is 4.39 Å². The van der Waals surface area contributed by atoms with E-state index in [4.69, 9.17) is 0 Å².